The molecule has 4 heteroatoms. The van der Waals surface area contributed by atoms with Crippen molar-refractivity contribution in [3.05, 3.63) is 42.7 Å². The van der Waals surface area contributed by atoms with Crippen molar-refractivity contribution in [2.24, 2.45) is 0 Å². The van der Waals surface area contributed by atoms with Gasteiger partial charge in [0, 0.05) is 43.1 Å². The van der Waals surface area contributed by atoms with E-state index in [1.54, 1.807) is 0 Å². The van der Waals surface area contributed by atoms with E-state index in [0.29, 0.717) is 0 Å². The lowest BCUT2D eigenvalue weighted by atomic mass is 10.3. The third-order valence-corrected chi connectivity index (χ3v) is 2.63. The van der Waals surface area contributed by atoms with Crippen LogP contribution in [-0.4, -0.2) is 21.1 Å². The van der Waals surface area contributed by atoms with Gasteiger partial charge in [0.25, 0.3) is 0 Å². The van der Waals surface area contributed by atoms with E-state index in [4.69, 9.17) is 0 Å². The Morgan fingerprint density at radius 1 is 1.29 bits per heavy atom. The molecule has 0 atom stereocenters. The molecule has 0 aliphatic rings. The van der Waals surface area contributed by atoms with Crippen LogP contribution in [0.5, 0.6) is 0 Å². The number of unbranched alkanes of at least 4 members (excludes halogenated alkanes) is 1. The highest BCUT2D eigenvalue weighted by molar-refractivity contribution is 5.42. The first-order valence-corrected chi connectivity index (χ1v) is 5.97. The molecule has 2 heterocycles. The molecule has 0 aliphatic carbocycles. The summed E-state index contributed by atoms with van der Waals surface area (Å²) in [6, 6.07) is 4.07. The third-order valence-electron chi connectivity index (χ3n) is 2.63. The Morgan fingerprint density at radius 3 is 3.00 bits per heavy atom. The second-order valence-corrected chi connectivity index (χ2v) is 4.12. The van der Waals surface area contributed by atoms with Gasteiger partial charge in [0.2, 0.25) is 0 Å². The van der Waals surface area contributed by atoms with Gasteiger partial charge in [0.15, 0.2) is 0 Å². The topological polar surface area (TPSA) is 42.7 Å². The molecule has 90 valence electrons. The van der Waals surface area contributed by atoms with Crippen LogP contribution < -0.4 is 5.32 Å². The molecular weight excluding hydrogens is 212 g/mol. The standard InChI is InChI=1S/C13H18N4/c1-12-10-13(4-6-15-12)16-5-2-3-8-17-9-7-14-11-17/h4,6-7,9-11H,2-3,5,8H2,1H3,(H,15,16). The predicted octanol–water partition coefficient (Wildman–Crippen LogP) is 2.48. The number of anilines is 1. The van der Waals surface area contributed by atoms with Crippen LogP contribution in [0.1, 0.15) is 18.5 Å². The van der Waals surface area contributed by atoms with E-state index in [2.05, 4.69) is 25.9 Å². The molecule has 0 saturated heterocycles. The van der Waals surface area contributed by atoms with Gasteiger partial charge in [-0.2, -0.15) is 0 Å². The summed E-state index contributed by atoms with van der Waals surface area (Å²) >= 11 is 0. The molecule has 0 saturated carbocycles. The van der Waals surface area contributed by atoms with Gasteiger partial charge < -0.3 is 9.88 Å². The lowest BCUT2D eigenvalue weighted by molar-refractivity contribution is 0.621. The van der Waals surface area contributed by atoms with Crippen LogP contribution in [0.3, 0.4) is 0 Å². The molecule has 0 bridgehead atoms. The van der Waals surface area contributed by atoms with E-state index in [1.165, 1.54) is 0 Å². The van der Waals surface area contributed by atoms with E-state index < -0.39 is 0 Å². The van der Waals surface area contributed by atoms with E-state index in [9.17, 15) is 0 Å². The molecule has 2 rings (SSSR count). The predicted molar refractivity (Wildman–Crippen MR) is 68.9 cm³/mol. The Balaban J connectivity index is 1.63. The number of pyridine rings is 1. The first-order valence-electron chi connectivity index (χ1n) is 5.97. The summed E-state index contributed by atoms with van der Waals surface area (Å²) in [5.74, 6) is 0. The second-order valence-electron chi connectivity index (χ2n) is 4.12. The summed E-state index contributed by atoms with van der Waals surface area (Å²) < 4.78 is 2.11. The average Bonchev–Trinajstić information content (AvgIpc) is 2.82. The van der Waals surface area contributed by atoms with Crippen LogP contribution in [0.25, 0.3) is 0 Å². The number of rotatable bonds is 6. The number of imidazole rings is 1. The van der Waals surface area contributed by atoms with Crippen LogP contribution in [0.2, 0.25) is 0 Å². The SMILES string of the molecule is Cc1cc(NCCCCn2ccnc2)ccn1. The number of hydrogen-bond donors (Lipinski definition) is 1. The molecule has 2 aromatic rings. The molecule has 0 radical (unpaired) electrons. The van der Waals surface area contributed by atoms with Crippen molar-refractivity contribution < 1.29 is 0 Å². The van der Waals surface area contributed by atoms with E-state index in [0.717, 1.165) is 37.3 Å². The van der Waals surface area contributed by atoms with Crippen LogP contribution in [0.4, 0.5) is 5.69 Å². The molecule has 2 aromatic heterocycles. The Morgan fingerprint density at radius 2 is 2.24 bits per heavy atom. The molecule has 0 fully saturated rings. The zero-order valence-corrected chi connectivity index (χ0v) is 10.1. The summed E-state index contributed by atoms with van der Waals surface area (Å²) in [5.41, 5.74) is 2.20. The zero-order chi connectivity index (χ0) is 11.9. The molecular formula is C13H18N4. The fourth-order valence-corrected chi connectivity index (χ4v) is 1.73. The molecule has 0 unspecified atom stereocenters. The van der Waals surface area contributed by atoms with Crippen molar-refractivity contribution in [3.63, 3.8) is 0 Å². The van der Waals surface area contributed by atoms with E-state index in [-0.39, 0.29) is 0 Å². The lowest BCUT2D eigenvalue weighted by Gasteiger charge is -2.06. The largest absolute Gasteiger partial charge is 0.385 e. The molecule has 0 amide bonds. The molecule has 0 aliphatic heterocycles. The maximum Gasteiger partial charge on any atom is 0.0945 e. The van der Waals surface area contributed by atoms with Gasteiger partial charge in [0.1, 0.15) is 0 Å². The van der Waals surface area contributed by atoms with Crippen molar-refractivity contribution in [1.82, 2.24) is 14.5 Å². The summed E-state index contributed by atoms with van der Waals surface area (Å²) in [6.07, 6.45) is 9.83. The van der Waals surface area contributed by atoms with Gasteiger partial charge in [-0.1, -0.05) is 0 Å². The van der Waals surface area contributed by atoms with Gasteiger partial charge in [0.05, 0.1) is 6.33 Å². The van der Waals surface area contributed by atoms with Crippen LogP contribution in [0.15, 0.2) is 37.1 Å². The minimum absolute atomic E-state index is 0.998. The normalized spacial score (nSPS) is 10.4. The maximum absolute atomic E-state index is 4.17. The first-order chi connectivity index (χ1) is 8.34. The van der Waals surface area contributed by atoms with Crippen molar-refractivity contribution in [2.75, 3.05) is 11.9 Å². The number of nitrogens with zero attached hydrogens (tertiary/aromatic N) is 3. The fraction of sp³-hybridized carbons (Fsp3) is 0.385. The monoisotopic (exact) mass is 230 g/mol. The maximum atomic E-state index is 4.17. The summed E-state index contributed by atoms with van der Waals surface area (Å²) in [7, 11) is 0. The Labute approximate surface area is 102 Å². The van der Waals surface area contributed by atoms with Gasteiger partial charge >= 0.3 is 0 Å². The second kappa shape index (κ2) is 6.03. The molecule has 0 spiro atoms. The minimum Gasteiger partial charge on any atom is -0.385 e. The Hall–Kier alpha value is -1.84. The summed E-state index contributed by atoms with van der Waals surface area (Å²) in [4.78, 5) is 8.19. The number of nitrogens with one attached hydrogen (secondary N) is 1. The van der Waals surface area contributed by atoms with E-state index in [1.807, 2.05) is 37.9 Å². The number of hydrogen-bond acceptors (Lipinski definition) is 3. The number of aromatic nitrogens is 3. The summed E-state index contributed by atoms with van der Waals surface area (Å²) in [6.45, 7) is 4.04. The van der Waals surface area contributed by atoms with Crippen molar-refractivity contribution in [2.45, 2.75) is 26.3 Å². The Kier molecular flexibility index (Phi) is 4.13. The zero-order valence-electron chi connectivity index (χ0n) is 10.1. The highest BCUT2D eigenvalue weighted by Crippen LogP contribution is 2.07. The highest BCUT2D eigenvalue weighted by Gasteiger charge is 1.94. The molecule has 4 nitrogen and oxygen atoms in total. The van der Waals surface area contributed by atoms with Crippen LogP contribution in [-0.2, 0) is 6.54 Å². The molecule has 1 N–H and O–H groups in total. The van der Waals surface area contributed by atoms with Gasteiger partial charge in [-0.25, -0.2) is 4.98 Å². The van der Waals surface area contributed by atoms with Gasteiger partial charge in [-0.05, 0) is 31.9 Å². The van der Waals surface area contributed by atoms with E-state index >= 15 is 0 Å². The van der Waals surface area contributed by atoms with Crippen molar-refractivity contribution in [3.8, 4) is 0 Å². The lowest BCUT2D eigenvalue weighted by Crippen LogP contribution is -2.04. The third kappa shape index (κ3) is 3.90. The quantitative estimate of drug-likeness (QED) is 0.775. The Bertz CT molecular complexity index is 436. The van der Waals surface area contributed by atoms with Crippen molar-refractivity contribution in [1.29, 1.82) is 0 Å². The van der Waals surface area contributed by atoms with Crippen LogP contribution in [0, 0.1) is 6.92 Å². The highest BCUT2D eigenvalue weighted by atomic mass is 15.0. The first kappa shape index (κ1) is 11.6. The fourth-order valence-electron chi connectivity index (χ4n) is 1.73. The van der Waals surface area contributed by atoms with Gasteiger partial charge in [-0.15, -0.1) is 0 Å². The summed E-state index contributed by atoms with van der Waals surface area (Å²) in [5, 5.41) is 3.40. The smallest absolute Gasteiger partial charge is 0.0945 e. The molecule has 17 heavy (non-hydrogen) atoms. The minimum atomic E-state index is 0.998. The number of aryl methyl sites for hydroxylation is 2. The van der Waals surface area contributed by atoms with Gasteiger partial charge in [-0.3, -0.25) is 4.98 Å². The average molecular weight is 230 g/mol. The van der Waals surface area contributed by atoms with Crippen LogP contribution >= 0.6 is 0 Å². The molecule has 0 aromatic carbocycles. The van der Waals surface area contributed by atoms with Crippen molar-refractivity contribution >= 4 is 5.69 Å².